The summed E-state index contributed by atoms with van der Waals surface area (Å²) < 4.78 is 6.09. The molecule has 1 aromatic rings. The quantitative estimate of drug-likeness (QED) is 0.879. The minimum absolute atomic E-state index is 0. The minimum atomic E-state index is 0. The van der Waals surface area contributed by atoms with Crippen molar-refractivity contribution in [1.29, 1.82) is 0 Å². The lowest BCUT2D eigenvalue weighted by atomic mass is 9.92. The maximum atomic E-state index is 12.5. The largest absolute Gasteiger partial charge is 0.488 e. The molecule has 1 aliphatic carbocycles. The Hall–Kier alpha value is -1.26. The number of hydrogen-bond donors (Lipinski definition) is 2. The third kappa shape index (κ3) is 4.85. The van der Waals surface area contributed by atoms with Crippen molar-refractivity contribution in [3.05, 3.63) is 24.3 Å². The molecule has 1 amide bonds. The lowest BCUT2D eigenvalue weighted by molar-refractivity contribution is -0.120. The topological polar surface area (TPSA) is 50.4 Å². The second kappa shape index (κ2) is 8.55. The molecule has 0 unspecified atom stereocenters. The summed E-state index contributed by atoms with van der Waals surface area (Å²) in [7, 11) is 0. The van der Waals surface area contributed by atoms with Crippen molar-refractivity contribution in [2.24, 2.45) is 5.92 Å². The smallest absolute Gasteiger partial charge is 0.227 e. The van der Waals surface area contributed by atoms with Crippen molar-refractivity contribution < 1.29 is 9.53 Å². The van der Waals surface area contributed by atoms with E-state index in [0.29, 0.717) is 12.1 Å². The summed E-state index contributed by atoms with van der Waals surface area (Å²) in [4.78, 5) is 12.5. The molecule has 1 aliphatic heterocycles. The van der Waals surface area contributed by atoms with Gasteiger partial charge in [-0.1, -0.05) is 12.1 Å². The Balaban J connectivity index is 0.00000192. The Kier molecular flexibility index (Phi) is 6.72. The van der Waals surface area contributed by atoms with Crippen LogP contribution in [-0.4, -0.2) is 24.6 Å². The summed E-state index contributed by atoms with van der Waals surface area (Å²) in [5, 5.41) is 6.47. The van der Waals surface area contributed by atoms with E-state index in [4.69, 9.17) is 4.74 Å². The highest BCUT2D eigenvalue weighted by atomic mass is 35.5. The summed E-state index contributed by atoms with van der Waals surface area (Å²) in [6.45, 7) is 3.05. The summed E-state index contributed by atoms with van der Waals surface area (Å²) in [6.07, 6.45) is 6.83. The number of nitrogens with one attached hydrogen (secondary N) is 2. The van der Waals surface area contributed by atoms with Gasteiger partial charge in [0.05, 0.1) is 11.8 Å². The van der Waals surface area contributed by atoms with E-state index in [2.05, 4.69) is 17.6 Å². The van der Waals surface area contributed by atoms with Crippen LogP contribution in [0.2, 0.25) is 0 Å². The SMILES string of the molecule is C[C@H]1C[C@@H](C(=O)Nc2ccccc2OC2CCCC2)CCN1.Cl. The Bertz CT molecular complexity index is 517. The third-order valence-electron chi connectivity index (χ3n) is 4.74. The second-order valence-corrected chi connectivity index (χ2v) is 6.59. The molecule has 0 radical (unpaired) electrons. The van der Waals surface area contributed by atoms with Gasteiger partial charge in [0.2, 0.25) is 5.91 Å². The number of amides is 1. The molecule has 2 N–H and O–H groups in total. The number of carbonyl (C=O) groups excluding carboxylic acids is 1. The minimum Gasteiger partial charge on any atom is -0.488 e. The molecular weight excluding hydrogens is 312 g/mol. The maximum Gasteiger partial charge on any atom is 0.227 e. The second-order valence-electron chi connectivity index (χ2n) is 6.59. The molecule has 5 heteroatoms. The Morgan fingerprint density at radius 3 is 2.70 bits per heavy atom. The first kappa shape index (κ1) is 18.1. The lowest BCUT2D eigenvalue weighted by Crippen LogP contribution is -2.40. The molecular formula is C18H27ClN2O2. The van der Waals surface area contributed by atoms with Gasteiger partial charge < -0.3 is 15.4 Å². The predicted molar refractivity (Wildman–Crippen MR) is 95.4 cm³/mol. The zero-order chi connectivity index (χ0) is 15.4. The number of piperidine rings is 1. The molecule has 1 heterocycles. The van der Waals surface area contributed by atoms with Crippen LogP contribution >= 0.6 is 12.4 Å². The van der Waals surface area contributed by atoms with Gasteiger partial charge in [-0.2, -0.15) is 0 Å². The molecule has 0 spiro atoms. The van der Waals surface area contributed by atoms with E-state index in [0.717, 1.165) is 43.7 Å². The maximum absolute atomic E-state index is 12.5. The van der Waals surface area contributed by atoms with Crippen LogP contribution in [0.4, 0.5) is 5.69 Å². The Labute approximate surface area is 144 Å². The van der Waals surface area contributed by atoms with Gasteiger partial charge in [-0.05, 0) is 64.1 Å². The highest BCUT2D eigenvalue weighted by Crippen LogP contribution is 2.30. The molecule has 23 heavy (non-hydrogen) atoms. The molecule has 4 nitrogen and oxygen atoms in total. The number of benzene rings is 1. The standard InChI is InChI=1S/C18H26N2O2.ClH/c1-13-12-14(10-11-19-13)18(21)20-16-8-4-5-9-17(16)22-15-6-2-3-7-15;/h4-5,8-9,13-15,19H,2-3,6-7,10-12H2,1H3,(H,20,21);1H/t13-,14-;/m0./s1. The summed E-state index contributed by atoms with van der Waals surface area (Å²) in [6, 6.07) is 8.22. The molecule has 1 aromatic carbocycles. The van der Waals surface area contributed by atoms with Crippen molar-refractivity contribution in [2.75, 3.05) is 11.9 Å². The van der Waals surface area contributed by atoms with Crippen molar-refractivity contribution in [3.8, 4) is 5.75 Å². The van der Waals surface area contributed by atoms with Crippen LogP contribution in [-0.2, 0) is 4.79 Å². The summed E-state index contributed by atoms with van der Waals surface area (Å²) in [5.74, 6) is 1.02. The fraction of sp³-hybridized carbons (Fsp3) is 0.611. The Morgan fingerprint density at radius 1 is 1.22 bits per heavy atom. The van der Waals surface area contributed by atoms with Crippen LogP contribution in [0.3, 0.4) is 0 Å². The molecule has 2 atom stereocenters. The molecule has 128 valence electrons. The lowest BCUT2D eigenvalue weighted by Gasteiger charge is -2.27. The number of hydrogen-bond acceptors (Lipinski definition) is 3. The third-order valence-corrected chi connectivity index (χ3v) is 4.74. The van der Waals surface area contributed by atoms with Gasteiger partial charge in [-0.25, -0.2) is 0 Å². The van der Waals surface area contributed by atoms with E-state index in [1.54, 1.807) is 0 Å². The molecule has 1 saturated heterocycles. The van der Waals surface area contributed by atoms with Crippen LogP contribution in [0, 0.1) is 5.92 Å². The number of anilines is 1. The van der Waals surface area contributed by atoms with Crippen molar-refractivity contribution in [1.82, 2.24) is 5.32 Å². The normalized spacial score (nSPS) is 24.7. The average Bonchev–Trinajstić information content (AvgIpc) is 3.02. The first-order valence-corrected chi connectivity index (χ1v) is 8.52. The molecule has 2 aliphatic rings. The van der Waals surface area contributed by atoms with Gasteiger partial charge >= 0.3 is 0 Å². The first-order valence-electron chi connectivity index (χ1n) is 8.52. The van der Waals surface area contributed by atoms with Gasteiger partial charge in [0.15, 0.2) is 0 Å². The fourth-order valence-corrected chi connectivity index (χ4v) is 3.46. The number of carbonyl (C=O) groups is 1. The van der Waals surface area contributed by atoms with E-state index in [-0.39, 0.29) is 24.2 Å². The number of para-hydroxylation sites is 2. The highest BCUT2D eigenvalue weighted by molar-refractivity contribution is 5.94. The van der Waals surface area contributed by atoms with Crippen LogP contribution in [0.25, 0.3) is 0 Å². The van der Waals surface area contributed by atoms with Crippen LogP contribution in [0.5, 0.6) is 5.75 Å². The van der Waals surface area contributed by atoms with Gasteiger partial charge in [0.1, 0.15) is 5.75 Å². The van der Waals surface area contributed by atoms with Crippen molar-refractivity contribution in [2.45, 2.75) is 57.6 Å². The highest BCUT2D eigenvalue weighted by Gasteiger charge is 2.25. The number of rotatable bonds is 4. The fourth-order valence-electron chi connectivity index (χ4n) is 3.46. The van der Waals surface area contributed by atoms with E-state index < -0.39 is 0 Å². The average molecular weight is 339 g/mol. The van der Waals surface area contributed by atoms with Gasteiger partial charge in [0, 0.05) is 12.0 Å². The van der Waals surface area contributed by atoms with Gasteiger partial charge in [-0.15, -0.1) is 12.4 Å². The Morgan fingerprint density at radius 2 is 1.96 bits per heavy atom. The van der Waals surface area contributed by atoms with Crippen LogP contribution in [0.1, 0.15) is 45.4 Å². The summed E-state index contributed by atoms with van der Waals surface area (Å²) in [5.41, 5.74) is 0.811. The van der Waals surface area contributed by atoms with Crippen LogP contribution < -0.4 is 15.4 Å². The molecule has 3 rings (SSSR count). The molecule has 1 saturated carbocycles. The molecule has 0 aromatic heterocycles. The van der Waals surface area contributed by atoms with E-state index in [1.165, 1.54) is 12.8 Å². The number of halogens is 1. The predicted octanol–water partition coefficient (Wildman–Crippen LogP) is 3.76. The van der Waals surface area contributed by atoms with Gasteiger partial charge in [0.25, 0.3) is 0 Å². The van der Waals surface area contributed by atoms with Crippen molar-refractivity contribution >= 4 is 24.0 Å². The monoisotopic (exact) mass is 338 g/mol. The van der Waals surface area contributed by atoms with Crippen molar-refractivity contribution in [3.63, 3.8) is 0 Å². The zero-order valence-corrected chi connectivity index (χ0v) is 14.5. The number of ether oxygens (including phenoxy) is 1. The molecule has 2 fully saturated rings. The summed E-state index contributed by atoms with van der Waals surface area (Å²) >= 11 is 0. The first-order chi connectivity index (χ1) is 10.7. The zero-order valence-electron chi connectivity index (χ0n) is 13.7. The van der Waals surface area contributed by atoms with E-state index >= 15 is 0 Å². The van der Waals surface area contributed by atoms with E-state index in [1.807, 2.05) is 24.3 Å². The van der Waals surface area contributed by atoms with Gasteiger partial charge in [-0.3, -0.25) is 4.79 Å². The van der Waals surface area contributed by atoms with Crippen LogP contribution in [0.15, 0.2) is 24.3 Å². The van der Waals surface area contributed by atoms with E-state index in [9.17, 15) is 4.79 Å². The molecule has 0 bridgehead atoms.